The second-order valence-electron chi connectivity index (χ2n) is 4.13. The van der Waals surface area contributed by atoms with Crippen molar-refractivity contribution >= 4 is 15.9 Å². The van der Waals surface area contributed by atoms with Crippen molar-refractivity contribution in [2.45, 2.75) is 32.6 Å². The van der Waals surface area contributed by atoms with Gasteiger partial charge in [0.25, 0.3) is 0 Å². The van der Waals surface area contributed by atoms with Gasteiger partial charge < -0.3 is 28.5 Å². The van der Waals surface area contributed by atoms with Crippen LogP contribution in [0.3, 0.4) is 0 Å². The van der Waals surface area contributed by atoms with Crippen LogP contribution in [0.4, 0.5) is 0 Å². The van der Waals surface area contributed by atoms with Crippen molar-refractivity contribution in [2.24, 2.45) is 0 Å². The summed E-state index contributed by atoms with van der Waals surface area (Å²) in [5, 5.41) is 1.12. The zero-order chi connectivity index (χ0) is 9.45. The Bertz CT molecular complexity index is 107. The summed E-state index contributed by atoms with van der Waals surface area (Å²) in [6.45, 7) is 4.83. The molecule has 0 bridgehead atoms. The highest BCUT2D eigenvalue weighted by Crippen LogP contribution is 2.05. The molecule has 0 aromatic rings. The van der Waals surface area contributed by atoms with Gasteiger partial charge in [0.05, 0.1) is 32.5 Å². The SMILES string of the molecule is CCCCCC[N+](C)(C)CCBr.[I-]. The molecule has 0 radical (unpaired) electrons. The van der Waals surface area contributed by atoms with Gasteiger partial charge in [0.2, 0.25) is 0 Å². The first-order valence-electron chi connectivity index (χ1n) is 5.00. The fourth-order valence-electron chi connectivity index (χ4n) is 1.31. The second-order valence-corrected chi connectivity index (χ2v) is 4.93. The lowest BCUT2D eigenvalue weighted by molar-refractivity contribution is -0.887. The fourth-order valence-corrected chi connectivity index (χ4v) is 2.27. The average molecular weight is 364 g/mol. The summed E-state index contributed by atoms with van der Waals surface area (Å²) in [5.41, 5.74) is 0. The van der Waals surface area contributed by atoms with Crippen molar-refractivity contribution in [3.63, 3.8) is 0 Å². The molecule has 0 spiro atoms. The van der Waals surface area contributed by atoms with Crippen LogP contribution in [0.5, 0.6) is 0 Å². The summed E-state index contributed by atoms with van der Waals surface area (Å²) >= 11 is 3.49. The number of hydrogen-bond donors (Lipinski definition) is 0. The van der Waals surface area contributed by atoms with Gasteiger partial charge in [-0.2, -0.15) is 0 Å². The molecule has 0 atom stereocenters. The standard InChI is InChI=1S/C10H23BrN.HI/c1-4-5-6-7-9-12(2,3)10-8-11;/h4-10H2,1-3H3;1H/q+1;/p-1. The molecule has 0 unspecified atom stereocenters. The highest BCUT2D eigenvalue weighted by Gasteiger charge is 2.12. The molecule has 0 N–H and O–H groups in total. The Kier molecular flexibility index (Phi) is 12.4. The maximum atomic E-state index is 3.49. The maximum Gasteiger partial charge on any atom is 0.0880 e. The minimum atomic E-state index is 0. The van der Waals surface area contributed by atoms with Gasteiger partial charge in [-0.05, 0) is 12.8 Å². The van der Waals surface area contributed by atoms with Gasteiger partial charge in [-0.25, -0.2) is 0 Å². The lowest BCUT2D eigenvalue weighted by Gasteiger charge is -2.28. The molecule has 3 heteroatoms. The van der Waals surface area contributed by atoms with Crippen LogP contribution >= 0.6 is 15.9 Å². The summed E-state index contributed by atoms with van der Waals surface area (Å²) < 4.78 is 1.16. The Hall–Kier alpha value is 1.17. The molecule has 82 valence electrons. The van der Waals surface area contributed by atoms with Gasteiger partial charge in [-0.15, -0.1) is 0 Å². The number of halogens is 2. The molecule has 13 heavy (non-hydrogen) atoms. The fraction of sp³-hybridized carbons (Fsp3) is 1.00. The van der Waals surface area contributed by atoms with Crippen molar-refractivity contribution in [2.75, 3.05) is 32.5 Å². The third-order valence-corrected chi connectivity index (χ3v) is 2.66. The molecule has 0 heterocycles. The predicted octanol–water partition coefficient (Wildman–Crippen LogP) is 0.0420. The number of alkyl halides is 1. The molecule has 0 saturated carbocycles. The van der Waals surface area contributed by atoms with Gasteiger partial charge >= 0.3 is 0 Å². The molecular formula is C10H23BrIN. The van der Waals surface area contributed by atoms with E-state index >= 15 is 0 Å². The van der Waals surface area contributed by atoms with Crippen molar-refractivity contribution in [1.29, 1.82) is 0 Å². The van der Waals surface area contributed by atoms with Crippen LogP contribution in [0.15, 0.2) is 0 Å². The van der Waals surface area contributed by atoms with Crippen LogP contribution in [0.25, 0.3) is 0 Å². The van der Waals surface area contributed by atoms with Crippen LogP contribution in [0.2, 0.25) is 0 Å². The third-order valence-electron chi connectivity index (χ3n) is 2.31. The Morgan fingerprint density at radius 2 is 1.62 bits per heavy atom. The monoisotopic (exact) mass is 363 g/mol. The van der Waals surface area contributed by atoms with Crippen molar-refractivity contribution < 1.29 is 28.5 Å². The maximum absolute atomic E-state index is 3.49. The van der Waals surface area contributed by atoms with Gasteiger partial charge in [0.15, 0.2) is 0 Å². The van der Waals surface area contributed by atoms with E-state index in [0.717, 1.165) is 9.81 Å². The molecule has 1 nitrogen and oxygen atoms in total. The van der Waals surface area contributed by atoms with Gasteiger partial charge in [-0.3, -0.25) is 0 Å². The summed E-state index contributed by atoms with van der Waals surface area (Å²) in [7, 11) is 4.63. The van der Waals surface area contributed by atoms with E-state index in [0.29, 0.717) is 0 Å². The molecule has 0 rings (SSSR count). The second kappa shape index (κ2) is 9.71. The number of rotatable bonds is 7. The van der Waals surface area contributed by atoms with E-state index in [9.17, 15) is 0 Å². The molecule has 0 aromatic carbocycles. The Balaban J connectivity index is 0. The van der Waals surface area contributed by atoms with E-state index in [2.05, 4.69) is 36.9 Å². The zero-order valence-corrected chi connectivity index (χ0v) is 12.9. The van der Waals surface area contributed by atoms with Crippen LogP contribution in [-0.4, -0.2) is 37.0 Å². The average Bonchev–Trinajstić information content (AvgIpc) is 1.98. The van der Waals surface area contributed by atoms with Crippen molar-refractivity contribution in [3.05, 3.63) is 0 Å². The first kappa shape index (κ1) is 16.6. The van der Waals surface area contributed by atoms with Gasteiger partial charge in [-0.1, -0.05) is 35.7 Å². The summed E-state index contributed by atoms with van der Waals surface area (Å²) in [6.07, 6.45) is 5.52. The highest BCUT2D eigenvalue weighted by atomic mass is 127. The minimum Gasteiger partial charge on any atom is -1.00 e. The smallest absolute Gasteiger partial charge is 0.0880 e. The molecule has 0 aliphatic carbocycles. The molecule has 0 amide bonds. The molecule has 0 aliphatic heterocycles. The van der Waals surface area contributed by atoms with Crippen molar-refractivity contribution in [3.8, 4) is 0 Å². The van der Waals surface area contributed by atoms with Crippen molar-refractivity contribution in [1.82, 2.24) is 0 Å². The number of hydrogen-bond acceptors (Lipinski definition) is 0. The summed E-state index contributed by atoms with van der Waals surface area (Å²) in [6, 6.07) is 0. The zero-order valence-electron chi connectivity index (χ0n) is 9.15. The molecule has 0 saturated heterocycles. The van der Waals surface area contributed by atoms with Crippen LogP contribution in [-0.2, 0) is 0 Å². The number of quaternary nitrogens is 1. The number of unbranched alkanes of at least 4 members (excludes halogenated alkanes) is 3. The lowest BCUT2D eigenvalue weighted by atomic mass is 10.2. The first-order valence-corrected chi connectivity index (χ1v) is 6.12. The predicted molar refractivity (Wildman–Crippen MR) is 59.8 cm³/mol. The highest BCUT2D eigenvalue weighted by molar-refractivity contribution is 9.09. The van der Waals surface area contributed by atoms with E-state index in [1.807, 2.05) is 0 Å². The molecule has 0 fully saturated rings. The van der Waals surface area contributed by atoms with E-state index in [1.54, 1.807) is 0 Å². The summed E-state index contributed by atoms with van der Waals surface area (Å²) in [5.74, 6) is 0. The van der Waals surface area contributed by atoms with Crippen LogP contribution < -0.4 is 24.0 Å². The van der Waals surface area contributed by atoms with Gasteiger partial charge in [0.1, 0.15) is 0 Å². The Morgan fingerprint density at radius 1 is 1.00 bits per heavy atom. The third kappa shape index (κ3) is 11.1. The molecule has 0 aromatic heterocycles. The number of nitrogens with zero attached hydrogens (tertiary/aromatic N) is 1. The van der Waals surface area contributed by atoms with E-state index in [1.165, 1.54) is 38.8 Å². The first-order chi connectivity index (χ1) is 5.62. The van der Waals surface area contributed by atoms with Crippen LogP contribution in [0, 0.1) is 0 Å². The quantitative estimate of drug-likeness (QED) is 0.259. The Labute approximate surface area is 109 Å². The normalized spacial score (nSPS) is 11.1. The van der Waals surface area contributed by atoms with Crippen LogP contribution in [0.1, 0.15) is 32.6 Å². The largest absolute Gasteiger partial charge is 1.00 e. The Morgan fingerprint density at radius 3 is 2.08 bits per heavy atom. The topological polar surface area (TPSA) is 0 Å². The molecule has 0 aliphatic rings. The van der Waals surface area contributed by atoms with Gasteiger partial charge in [0, 0.05) is 0 Å². The van der Waals surface area contributed by atoms with E-state index < -0.39 is 0 Å². The summed E-state index contributed by atoms with van der Waals surface area (Å²) in [4.78, 5) is 0. The van der Waals surface area contributed by atoms with E-state index in [4.69, 9.17) is 0 Å². The minimum absolute atomic E-state index is 0. The van der Waals surface area contributed by atoms with E-state index in [-0.39, 0.29) is 24.0 Å². The lowest BCUT2D eigenvalue weighted by Crippen LogP contribution is -3.00. The molecular weight excluding hydrogens is 341 g/mol.